The van der Waals surface area contributed by atoms with Crippen LogP contribution in [0.4, 0.5) is 5.82 Å². The third-order valence-corrected chi connectivity index (χ3v) is 3.09. The molecule has 1 rings (SSSR count). The SMILES string of the molecule is CCCN(CC(=O)NC)c1ncc(CNCC)cc1C. The molecular weight excluding hydrogens is 252 g/mol. The topological polar surface area (TPSA) is 57.3 Å². The highest BCUT2D eigenvalue weighted by Crippen LogP contribution is 2.18. The number of nitrogens with one attached hydrogen (secondary N) is 2. The average Bonchev–Trinajstić information content (AvgIpc) is 2.44. The first kappa shape index (κ1) is 16.4. The molecule has 0 aliphatic rings. The van der Waals surface area contributed by atoms with E-state index < -0.39 is 0 Å². The van der Waals surface area contributed by atoms with E-state index >= 15 is 0 Å². The van der Waals surface area contributed by atoms with Gasteiger partial charge in [0.1, 0.15) is 5.82 Å². The molecule has 1 aromatic rings. The molecule has 5 nitrogen and oxygen atoms in total. The van der Waals surface area contributed by atoms with Gasteiger partial charge in [-0.3, -0.25) is 4.79 Å². The fraction of sp³-hybridized carbons (Fsp3) is 0.600. The maximum atomic E-state index is 11.6. The number of pyridine rings is 1. The Kier molecular flexibility index (Phi) is 7.01. The van der Waals surface area contributed by atoms with Crippen LogP contribution in [0.15, 0.2) is 12.3 Å². The van der Waals surface area contributed by atoms with E-state index in [1.54, 1.807) is 7.05 Å². The van der Waals surface area contributed by atoms with Gasteiger partial charge in [0, 0.05) is 26.3 Å². The van der Waals surface area contributed by atoms with Crippen LogP contribution in [-0.4, -0.2) is 37.6 Å². The van der Waals surface area contributed by atoms with Gasteiger partial charge < -0.3 is 15.5 Å². The average molecular weight is 278 g/mol. The molecule has 1 heterocycles. The second-order valence-corrected chi connectivity index (χ2v) is 4.86. The van der Waals surface area contributed by atoms with Gasteiger partial charge in [-0.1, -0.05) is 13.8 Å². The molecule has 0 saturated carbocycles. The lowest BCUT2D eigenvalue weighted by Gasteiger charge is -2.24. The summed E-state index contributed by atoms with van der Waals surface area (Å²) in [6.45, 7) is 9.18. The summed E-state index contributed by atoms with van der Waals surface area (Å²) in [6, 6.07) is 2.14. The molecule has 5 heteroatoms. The minimum Gasteiger partial charge on any atom is -0.358 e. The van der Waals surface area contributed by atoms with Crippen molar-refractivity contribution in [2.75, 3.05) is 31.6 Å². The van der Waals surface area contributed by atoms with E-state index in [1.807, 2.05) is 18.0 Å². The Morgan fingerprint density at radius 1 is 1.40 bits per heavy atom. The Hall–Kier alpha value is -1.62. The summed E-state index contributed by atoms with van der Waals surface area (Å²) in [6.07, 6.45) is 2.87. The quantitative estimate of drug-likeness (QED) is 0.756. The molecule has 1 amide bonds. The molecule has 2 N–H and O–H groups in total. The number of likely N-dealkylation sites (N-methyl/N-ethyl adjacent to an activating group) is 1. The van der Waals surface area contributed by atoms with Crippen LogP contribution in [-0.2, 0) is 11.3 Å². The smallest absolute Gasteiger partial charge is 0.239 e. The third-order valence-electron chi connectivity index (χ3n) is 3.09. The number of hydrogen-bond acceptors (Lipinski definition) is 4. The van der Waals surface area contributed by atoms with Crippen LogP contribution in [0.5, 0.6) is 0 Å². The van der Waals surface area contributed by atoms with Crippen LogP contribution in [0.3, 0.4) is 0 Å². The molecule has 20 heavy (non-hydrogen) atoms. The Morgan fingerprint density at radius 2 is 2.15 bits per heavy atom. The van der Waals surface area contributed by atoms with Gasteiger partial charge in [-0.15, -0.1) is 0 Å². The van der Waals surface area contributed by atoms with Crippen molar-refractivity contribution >= 4 is 11.7 Å². The molecule has 0 spiro atoms. The van der Waals surface area contributed by atoms with Crippen LogP contribution < -0.4 is 15.5 Å². The van der Waals surface area contributed by atoms with Crippen molar-refractivity contribution in [1.82, 2.24) is 15.6 Å². The van der Waals surface area contributed by atoms with Gasteiger partial charge in [0.2, 0.25) is 5.91 Å². The highest BCUT2D eigenvalue weighted by Gasteiger charge is 2.13. The lowest BCUT2D eigenvalue weighted by molar-refractivity contribution is -0.119. The fourth-order valence-electron chi connectivity index (χ4n) is 2.11. The molecule has 112 valence electrons. The van der Waals surface area contributed by atoms with Crippen LogP contribution in [0, 0.1) is 6.92 Å². The zero-order chi connectivity index (χ0) is 15.0. The third kappa shape index (κ3) is 4.81. The van der Waals surface area contributed by atoms with Crippen molar-refractivity contribution in [3.63, 3.8) is 0 Å². The number of hydrogen-bond donors (Lipinski definition) is 2. The highest BCUT2D eigenvalue weighted by atomic mass is 16.1. The normalized spacial score (nSPS) is 10.4. The molecule has 0 aliphatic heterocycles. The largest absolute Gasteiger partial charge is 0.358 e. The minimum atomic E-state index is 0.0105. The molecular formula is C15H26N4O. The van der Waals surface area contributed by atoms with E-state index in [-0.39, 0.29) is 5.91 Å². The van der Waals surface area contributed by atoms with E-state index in [0.717, 1.165) is 37.4 Å². The van der Waals surface area contributed by atoms with Crippen LogP contribution in [0.1, 0.15) is 31.4 Å². The van der Waals surface area contributed by atoms with E-state index in [2.05, 4.69) is 35.5 Å². The molecule has 0 bridgehead atoms. The standard InChI is InChI=1S/C15H26N4O/c1-5-7-19(11-14(20)16-4)15-12(3)8-13(10-18-15)9-17-6-2/h8,10,17H,5-7,9,11H2,1-4H3,(H,16,20). The van der Waals surface area contributed by atoms with Gasteiger partial charge in [-0.05, 0) is 37.1 Å². The summed E-state index contributed by atoms with van der Waals surface area (Å²) in [4.78, 5) is 18.2. The Morgan fingerprint density at radius 3 is 2.70 bits per heavy atom. The number of amides is 1. The van der Waals surface area contributed by atoms with Gasteiger partial charge in [0.15, 0.2) is 0 Å². The van der Waals surface area contributed by atoms with Gasteiger partial charge in [0.05, 0.1) is 6.54 Å². The van der Waals surface area contributed by atoms with Gasteiger partial charge in [0.25, 0.3) is 0 Å². The van der Waals surface area contributed by atoms with Crippen molar-refractivity contribution in [2.45, 2.75) is 33.7 Å². The fourth-order valence-corrected chi connectivity index (χ4v) is 2.11. The lowest BCUT2D eigenvalue weighted by Crippen LogP contribution is -2.37. The molecule has 0 aromatic carbocycles. The van der Waals surface area contributed by atoms with Crippen molar-refractivity contribution in [1.29, 1.82) is 0 Å². The van der Waals surface area contributed by atoms with Crippen molar-refractivity contribution in [2.24, 2.45) is 0 Å². The predicted molar refractivity (Wildman–Crippen MR) is 82.9 cm³/mol. The predicted octanol–water partition coefficient (Wildman–Crippen LogP) is 1.46. The highest BCUT2D eigenvalue weighted by molar-refractivity contribution is 5.80. The van der Waals surface area contributed by atoms with Crippen LogP contribution in [0.25, 0.3) is 0 Å². The Balaban J connectivity index is 2.87. The molecule has 0 unspecified atom stereocenters. The summed E-state index contributed by atoms with van der Waals surface area (Å²) in [5.74, 6) is 0.909. The van der Waals surface area contributed by atoms with E-state index in [1.165, 1.54) is 5.56 Å². The van der Waals surface area contributed by atoms with Gasteiger partial charge in [-0.2, -0.15) is 0 Å². The Labute approximate surface area is 121 Å². The van der Waals surface area contributed by atoms with Crippen molar-refractivity contribution in [3.05, 3.63) is 23.4 Å². The minimum absolute atomic E-state index is 0.0105. The molecule has 1 aromatic heterocycles. The zero-order valence-electron chi connectivity index (χ0n) is 13.0. The van der Waals surface area contributed by atoms with Gasteiger partial charge >= 0.3 is 0 Å². The first-order chi connectivity index (χ1) is 9.62. The first-order valence-electron chi connectivity index (χ1n) is 7.24. The number of aryl methyl sites for hydroxylation is 1. The summed E-state index contributed by atoms with van der Waals surface area (Å²) in [7, 11) is 1.66. The van der Waals surface area contributed by atoms with Crippen LogP contribution in [0.2, 0.25) is 0 Å². The summed E-state index contributed by atoms with van der Waals surface area (Å²) < 4.78 is 0. The molecule has 0 radical (unpaired) electrons. The summed E-state index contributed by atoms with van der Waals surface area (Å²) >= 11 is 0. The second kappa shape index (κ2) is 8.53. The number of carbonyl (C=O) groups excluding carboxylic acids is 1. The number of aromatic nitrogens is 1. The lowest BCUT2D eigenvalue weighted by atomic mass is 10.2. The number of rotatable bonds is 8. The maximum Gasteiger partial charge on any atom is 0.239 e. The van der Waals surface area contributed by atoms with Crippen LogP contribution >= 0.6 is 0 Å². The molecule has 0 atom stereocenters. The molecule has 0 aliphatic carbocycles. The molecule has 0 fully saturated rings. The number of carbonyl (C=O) groups is 1. The maximum absolute atomic E-state index is 11.6. The zero-order valence-corrected chi connectivity index (χ0v) is 13.0. The van der Waals surface area contributed by atoms with Crippen molar-refractivity contribution in [3.8, 4) is 0 Å². The van der Waals surface area contributed by atoms with E-state index in [4.69, 9.17) is 0 Å². The van der Waals surface area contributed by atoms with E-state index in [9.17, 15) is 4.79 Å². The number of anilines is 1. The van der Waals surface area contributed by atoms with Crippen molar-refractivity contribution < 1.29 is 4.79 Å². The Bertz CT molecular complexity index is 434. The van der Waals surface area contributed by atoms with E-state index in [0.29, 0.717) is 6.54 Å². The number of nitrogens with zero attached hydrogens (tertiary/aromatic N) is 2. The van der Waals surface area contributed by atoms with Gasteiger partial charge in [-0.25, -0.2) is 4.98 Å². The second-order valence-electron chi connectivity index (χ2n) is 4.86. The first-order valence-corrected chi connectivity index (χ1v) is 7.24. The summed E-state index contributed by atoms with van der Waals surface area (Å²) in [5.41, 5.74) is 2.28. The summed E-state index contributed by atoms with van der Waals surface area (Å²) in [5, 5.41) is 5.95. The molecule has 0 saturated heterocycles. The monoisotopic (exact) mass is 278 g/mol.